The number of benzene rings is 2. The SMILES string of the molecule is O=C(C[C@@]1(O)C(=O)N(Cc2c(F)cccc2Cl)c2ccccc21)c1ccco1. The van der Waals surface area contributed by atoms with Crippen LogP contribution in [0.3, 0.4) is 0 Å². The summed E-state index contributed by atoms with van der Waals surface area (Å²) in [5.41, 5.74) is -1.25. The number of hydrogen-bond donors (Lipinski definition) is 1. The van der Waals surface area contributed by atoms with Crippen LogP contribution in [0.4, 0.5) is 10.1 Å². The van der Waals surface area contributed by atoms with E-state index in [-0.39, 0.29) is 28.5 Å². The Morgan fingerprint density at radius 1 is 1.14 bits per heavy atom. The predicted octanol–water partition coefficient (Wildman–Crippen LogP) is 4.08. The summed E-state index contributed by atoms with van der Waals surface area (Å²) in [5, 5.41) is 11.4. The van der Waals surface area contributed by atoms with Crippen LogP contribution in [0, 0.1) is 5.82 Å². The Kier molecular flexibility index (Phi) is 4.53. The molecule has 142 valence electrons. The highest BCUT2D eigenvalue weighted by molar-refractivity contribution is 6.31. The maximum Gasteiger partial charge on any atom is 0.264 e. The van der Waals surface area contributed by atoms with E-state index < -0.39 is 29.5 Å². The van der Waals surface area contributed by atoms with Crippen molar-refractivity contribution < 1.29 is 23.5 Å². The number of para-hydroxylation sites is 1. The maximum absolute atomic E-state index is 14.2. The highest BCUT2D eigenvalue weighted by Gasteiger charge is 2.51. The Labute approximate surface area is 165 Å². The van der Waals surface area contributed by atoms with Crippen LogP contribution in [-0.2, 0) is 16.9 Å². The van der Waals surface area contributed by atoms with Crippen molar-refractivity contribution in [2.24, 2.45) is 0 Å². The number of hydrogen-bond acceptors (Lipinski definition) is 4. The third kappa shape index (κ3) is 2.91. The van der Waals surface area contributed by atoms with Crippen LogP contribution in [0.1, 0.15) is 28.1 Å². The predicted molar refractivity (Wildman–Crippen MR) is 101 cm³/mol. The van der Waals surface area contributed by atoms with Crippen LogP contribution in [0.25, 0.3) is 0 Å². The van der Waals surface area contributed by atoms with E-state index in [0.717, 1.165) is 0 Å². The molecule has 0 bridgehead atoms. The topological polar surface area (TPSA) is 70.8 Å². The standard InChI is InChI=1S/C21H15ClFNO4/c22-15-6-3-7-16(23)13(15)12-24-17-8-2-1-5-14(17)21(27,20(24)26)11-18(25)19-9-4-10-28-19/h1-10,27H,11-12H2/t21-/m0/s1. The third-order valence-corrected chi connectivity index (χ3v) is 5.18. The number of Topliss-reactive ketones (excluding diaryl/α,β-unsaturated/α-hetero) is 1. The Bertz CT molecular complexity index is 1050. The second kappa shape index (κ2) is 6.89. The van der Waals surface area contributed by atoms with E-state index in [1.165, 1.54) is 35.4 Å². The van der Waals surface area contributed by atoms with Gasteiger partial charge in [0.1, 0.15) is 5.82 Å². The summed E-state index contributed by atoms with van der Waals surface area (Å²) in [6.07, 6.45) is 0.853. The van der Waals surface area contributed by atoms with Gasteiger partial charge >= 0.3 is 0 Å². The van der Waals surface area contributed by atoms with Gasteiger partial charge in [0, 0.05) is 16.1 Å². The average Bonchev–Trinajstić information content (AvgIpc) is 3.28. The molecule has 3 aromatic rings. The lowest BCUT2D eigenvalue weighted by Crippen LogP contribution is -2.41. The zero-order valence-corrected chi connectivity index (χ0v) is 15.3. The molecule has 5 nitrogen and oxygen atoms in total. The molecule has 0 spiro atoms. The Morgan fingerprint density at radius 3 is 2.64 bits per heavy atom. The lowest BCUT2D eigenvalue weighted by Gasteiger charge is -2.23. The minimum absolute atomic E-state index is 0.0503. The first-order valence-corrected chi connectivity index (χ1v) is 8.93. The second-order valence-electron chi connectivity index (χ2n) is 6.55. The highest BCUT2D eigenvalue weighted by atomic mass is 35.5. The molecule has 2 heterocycles. The molecule has 0 saturated heterocycles. The number of aliphatic hydroxyl groups is 1. The third-order valence-electron chi connectivity index (χ3n) is 4.83. The van der Waals surface area contributed by atoms with E-state index in [9.17, 15) is 19.1 Å². The molecular weight excluding hydrogens is 385 g/mol. The van der Waals surface area contributed by atoms with Crippen LogP contribution >= 0.6 is 11.6 Å². The van der Waals surface area contributed by atoms with Gasteiger partial charge in [-0.25, -0.2) is 4.39 Å². The van der Waals surface area contributed by atoms with Crippen molar-refractivity contribution in [1.29, 1.82) is 0 Å². The number of rotatable bonds is 5. The Morgan fingerprint density at radius 2 is 1.93 bits per heavy atom. The number of ketones is 1. The molecule has 0 unspecified atom stereocenters. The summed E-state index contributed by atoms with van der Waals surface area (Å²) >= 11 is 6.10. The van der Waals surface area contributed by atoms with Gasteiger partial charge < -0.3 is 14.4 Å². The van der Waals surface area contributed by atoms with Crippen LogP contribution < -0.4 is 4.90 Å². The Hall–Kier alpha value is -2.96. The highest BCUT2D eigenvalue weighted by Crippen LogP contribution is 2.44. The fraction of sp³-hybridized carbons (Fsp3) is 0.143. The summed E-state index contributed by atoms with van der Waals surface area (Å²) in [7, 11) is 0. The van der Waals surface area contributed by atoms with Crippen molar-refractivity contribution in [3.05, 3.63) is 88.6 Å². The molecular formula is C21H15ClFNO4. The summed E-state index contributed by atoms with van der Waals surface area (Å²) in [6.45, 7) is -0.168. The van der Waals surface area contributed by atoms with E-state index in [0.29, 0.717) is 5.69 Å². The molecule has 7 heteroatoms. The molecule has 1 aromatic heterocycles. The minimum Gasteiger partial charge on any atom is -0.461 e. The first kappa shape index (κ1) is 18.4. The monoisotopic (exact) mass is 399 g/mol. The molecule has 1 aliphatic heterocycles. The molecule has 0 saturated carbocycles. The first-order valence-electron chi connectivity index (χ1n) is 8.55. The summed E-state index contributed by atoms with van der Waals surface area (Å²) < 4.78 is 19.3. The lowest BCUT2D eigenvalue weighted by atomic mass is 9.89. The van der Waals surface area contributed by atoms with Gasteiger partial charge in [-0.2, -0.15) is 0 Å². The van der Waals surface area contributed by atoms with Crippen molar-refractivity contribution in [3.63, 3.8) is 0 Å². The first-order chi connectivity index (χ1) is 13.4. The van der Waals surface area contributed by atoms with Gasteiger partial charge in [0.15, 0.2) is 11.4 Å². The molecule has 1 aliphatic rings. The van der Waals surface area contributed by atoms with Crippen molar-refractivity contribution in [2.75, 3.05) is 4.90 Å². The van der Waals surface area contributed by atoms with E-state index in [2.05, 4.69) is 0 Å². The van der Waals surface area contributed by atoms with E-state index in [1.807, 2.05) is 0 Å². The molecule has 0 aliphatic carbocycles. The molecule has 1 atom stereocenters. The van der Waals surface area contributed by atoms with Crippen LogP contribution in [0.2, 0.25) is 5.02 Å². The number of nitrogens with zero attached hydrogens (tertiary/aromatic N) is 1. The lowest BCUT2D eigenvalue weighted by molar-refractivity contribution is -0.136. The molecule has 1 N–H and O–H groups in total. The average molecular weight is 400 g/mol. The zero-order chi connectivity index (χ0) is 19.9. The number of anilines is 1. The summed E-state index contributed by atoms with van der Waals surface area (Å²) in [5.74, 6) is -1.73. The number of fused-ring (bicyclic) bond motifs is 1. The normalized spacial score (nSPS) is 18.4. The fourth-order valence-corrected chi connectivity index (χ4v) is 3.66. The fourth-order valence-electron chi connectivity index (χ4n) is 3.43. The zero-order valence-electron chi connectivity index (χ0n) is 14.6. The maximum atomic E-state index is 14.2. The molecule has 1 amide bonds. The van der Waals surface area contributed by atoms with Crippen molar-refractivity contribution in [1.82, 2.24) is 0 Å². The second-order valence-corrected chi connectivity index (χ2v) is 6.95. The molecule has 0 fully saturated rings. The van der Waals surface area contributed by atoms with Gasteiger partial charge in [-0.1, -0.05) is 35.9 Å². The quantitative estimate of drug-likeness (QED) is 0.656. The van der Waals surface area contributed by atoms with Crippen LogP contribution in [-0.4, -0.2) is 16.8 Å². The number of carbonyl (C=O) groups excluding carboxylic acids is 2. The number of carbonyl (C=O) groups is 2. The van der Waals surface area contributed by atoms with Gasteiger partial charge in [0.05, 0.1) is 24.9 Å². The van der Waals surface area contributed by atoms with Gasteiger partial charge in [0.2, 0.25) is 5.78 Å². The molecule has 0 radical (unpaired) electrons. The largest absolute Gasteiger partial charge is 0.461 e. The van der Waals surface area contributed by atoms with Gasteiger partial charge in [-0.3, -0.25) is 9.59 Å². The van der Waals surface area contributed by atoms with Gasteiger partial charge in [0.25, 0.3) is 5.91 Å². The van der Waals surface area contributed by atoms with Crippen LogP contribution in [0.15, 0.2) is 65.3 Å². The van der Waals surface area contributed by atoms with Gasteiger partial charge in [-0.05, 0) is 30.3 Å². The molecule has 28 heavy (non-hydrogen) atoms. The van der Waals surface area contributed by atoms with Crippen molar-refractivity contribution in [2.45, 2.75) is 18.6 Å². The number of furan rings is 1. The number of halogens is 2. The van der Waals surface area contributed by atoms with Crippen molar-refractivity contribution in [3.8, 4) is 0 Å². The van der Waals surface area contributed by atoms with E-state index in [4.69, 9.17) is 16.0 Å². The number of amides is 1. The summed E-state index contributed by atoms with van der Waals surface area (Å²) in [4.78, 5) is 26.9. The summed E-state index contributed by atoms with van der Waals surface area (Å²) in [6, 6.07) is 13.8. The smallest absolute Gasteiger partial charge is 0.264 e. The Balaban J connectivity index is 1.73. The van der Waals surface area contributed by atoms with Crippen LogP contribution in [0.5, 0.6) is 0 Å². The van der Waals surface area contributed by atoms with Gasteiger partial charge in [-0.15, -0.1) is 0 Å². The minimum atomic E-state index is -2.07. The van der Waals surface area contributed by atoms with E-state index >= 15 is 0 Å². The molecule has 2 aromatic carbocycles. The van der Waals surface area contributed by atoms with Crippen molar-refractivity contribution >= 4 is 29.0 Å². The molecule has 4 rings (SSSR count). The van der Waals surface area contributed by atoms with E-state index in [1.54, 1.807) is 30.3 Å².